The first kappa shape index (κ1) is 12.3. The van der Waals surface area contributed by atoms with Crippen LogP contribution in [-0.2, 0) is 11.3 Å². The van der Waals surface area contributed by atoms with Crippen molar-refractivity contribution in [3.63, 3.8) is 0 Å². The van der Waals surface area contributed by atoms with Gasteiger partial charge in [-0.1, -0.05) is 23.4 Å². The van der Waals surface area contributed by atoms with Crippen LogP contribution in [0.5, 0.6) is 0 Å². The summed E-state index contributed by atoms with van der Waals surface area (Å²) in [6.07, 6.45) is 0. The van der Waals surface area contributed by atoms with E-state index in [2.05, 4.69) is 20.8 Å². The molecule has 0 aliphatic carbocycles. The molecule has 0 aliphatic rings. The van der Waals surface area contributed by atoms with Gasteiger partial charge in [0.2, 0.25) is 11.8 Å². The standard InChI is InChI=1S/C12H14N4O2/c1-9-14-12(18-16-9)8-13-7-11(17)15-10-5-3-2-4-6-10/h2-6,13H,7-8H2,1H3,(H,15,17). The number of nitrogens with one attached hydrogen (secondary N) is 2. The first-order valence-electron chi connectivity index (χ1n) is 5.59. The van der Waals surface area contributed by atoms with Crippen molar-refractivity contribution in [3.8, 4) is 0 Å². The first-order chi connectivity index (χ1) is 8.74. The Hall–Kier alpha value is -2.21. The van der Waals surface area contributed by atoms with E-state index < -0.39 is 0 Å². The number of benzene rings is 1. The first-order valence-corrected chi connectivity index (χ1v) is 5.59. The highest BCUT2D eigenvalue weighted by Gasteiger charge is 2.04. The molecule has 0 spiro atoms. The van der Waals surface area contributed by atoms with Gasteiger partial charge in [-0.3, -0.25) is 10.1 Å². The summed E-state index contributed by atoms with van der Waals surface area (Å²) in [5.41, 5.74) is 0.776. The smallest absolute Gasteiger partial charge is 0.240 e. The van der Waals surface area contributed by atoms with E-state index in [1.807, 2.05) is 30.3 Å². The lowest BCUT2D eigenvalue weighted by molar-refractivity contribution is -0.115. The number of carbonyl (C=O) groups is 1. The average molecular weight is 246 g/mol. The van der Waals surface area contributed by atoms with E-state index in [0.29, 0.717) is 18.3 Å². The lowest BCUT2D eigenvalue weighted by Gasteiger charge is -2.04. The zero-order chi connectivity index (χ0) is 12.8. The van der Waals surface area contributed by atoms with Gasteiger partial charge in [-0.25, -0.2) is 0 Å². The number of amides is 1. The van der Waals surface area contributed by atoms with Crippen LogP contribution in [-0.4, -0.2) is 22.6 Å². The number of hydrogen-bond donors (Lipinski definition) is 2. The molecule has 0 aliphatic heterocycles. The van der Waals surface area contributed by atoms with Crippen molar-refractivity contribution in [2.24, 2.45) is 0 Å². The third-order valence-corrected chi connectivity index (χ3v) is 2.19. The lowest BCUT2D eigenvalue weighted by atomic mass is 10.3. The van der Waals surface area contributed by atoms with Crippen molar-refractivity contribution in [1.29, 1.82) is 0 Å². The molecule has 0 atom stereocenters. The molecule has 0 bridgehead atoms. The molecule has 2 aromatic rings. The summed E-state index contributed by atoms with van der Waals surface area (Å²) in [5.74, 6) is 0.943. The minimum Gasteiger partial charge on any atom is -0.338 e. The van der Waals surface area contributed by atoms with Gasteiger partial charge in [-0.2, -0.15) is 4.98 Å². The molecule has 1 heterocycles. The van der Waals surface area contributed by atoms with E-state index in [-0.39, 0.29) is 12.5 Å². The van der Waals surface area contributed by atoms with Gasteiger partial charge in [-0.05, 0) is 19.1 Å². The van der Waals surface area contributed by atoms with Crippen molar-refractivity contribution < 1.29 is 9.32 Å². The summed E-state index contributed by atoms with van der Waals surface area (Å²) in [4.78, 5) is 15.6. The molecule has 0 saturated carbocycles. The molecule has 6 heteroatoms. The summed E-state index contributed by atoms with van der Waals surface area (Å²) >= 11 is 0. The largest absolute Gasteiger partial charge is 0.338 e. The van der Waals surface area contributed by atoms with Crippen molar-refractivity contribution >= 4 is 11.6 Å². The quantitative estimate of drug-likeness (QED) is 0.826. The Bertz CT molecular complexity index is 510. The van der Waals surface area contributed by atoms with Crippen LogP contribution in [0.4, 0.5) is 5.69 Å². The molecule has 1 amide bonds. The van der Waals surface area contributed by atoms with Gasteiger partial charge in [0.1, 0.15) is 0 Å². The molecule has 1 aromatic carbocycles. The van der Waals surface area contributed by atoms with Gasteiger partial charge in [0.25, 0.3) is 0 Å². The topological polar surface area (TPSA) is 80.0 Å². The zero-order valence-electron chi connectivity index (χ0n) is 10.0. The minimum atomic E-state index is -0.113. The van der Waals surface area contributed by atoms with Crippen LogP contribution < -0.4 is 10.6 Å². The third kappa shape index (κ3) is 3.67. The van der Waals surface area contributed by atoms with Crippen LogP contribution in [0.25, 0.3) is 0 Å². The zero-order valence-corrected chi connectivity index (χ0v) is 10.0. The van der Waals surface area contributed by atoms with E-state index in [9.17, 15) is 4.79 Å². The van der Waals surface area contributed by atoms with Crippen molar-refractivity contribution in [3.05, 3.63) is 42.0 Å². The highest BCUT2D eigenvalue weighted by molar-refractivity contribution is 5.92. The SMILES string of the molecule is Cc1noc(CNCC(=O)Nc2ccccc2)n1. The Labute approximate surface area is 104 Å². The van der Waals surface area contributed by atoms with Crippen LogP contribution in [0.15, 0.2) is 34.9 Å². The molecule has 6 nitrogen and oxygen atoms in total. The number of rotatable bonds is 5. The van der Waals surface area contributed by atoms with E-state index >= 15 is 0 Å². The number of aryl methyl sites for hydroxylation is 1. The lowest BCUT2D eigenvalue weighted by Crippen LogP contribution is -2.27. The molecular weight excluding hydrogens is 232 g/mol. The van der Waals surface area contributed by atoms with Crippen LogP contribution in [0, 0.1) is 6.92 Å². The number of carbonyl (C=O) groups excluding carboxylic acids is 1. The van der Waals surface area contributed by atoms with Gasteiger partial charge < -0.3 is 9.84 Å². The third-order valence-electron chi connectivity index (χ3n) is 2.19. The maximum Gasteiger partial charge on any atom is 0.240 e. The fourth-order valence-electron chi connectivity index (χ4n) is 1.42. The van der Waals surface area contributed by atoms with E-state index in [4.69, 9.17) is 4.52 Å². The monoisotopic (exact) mass is 246 g/mol. The molecule has 1 aromatic heterocycles. The fraction of sp³-hybridized carbons (Fsp3) is 0.250. The van der Waals surface area contributed by atoms with Crippen molar-refractivity contribution in [1.82, 2.24) is 15.5 Å². The van der Waals surface area contributed by atoms with E-state index in [1.54, 1.807) is 6.92 Å². The van der Waals surface area contributed by atoms with Crippen LogP contribution in [0.2, 0.25) is 0 Å². The maximum absolute atomic E-state index is 11.6. The Morgan fingerprint density at radius 2 is 2.11 bits per heavy atom. The van der Waals surface area contributed by atoms with Crippen LogP contribution in [0.3, 0.4) is 0 Å². The van der Waals surface area contributed by atoms with E-state index in [0.717, 1.165) is 5.69 Å². The maximum atomic E-state index is 11.6. The van der Waals surface area contributed by atoms with Gasteiger partial charge in [-0.15, -0.1) is 0 Å². The molecule has 2 rings (SSSR count). The average Bonchev–Trinajstić information content (AvgIpc) is 2.76. The molecule has 0 unspecified atom stereocenters. The highest BCUT2D eigenvalue weighted by atomic mass is 16.5. The Balaban J connectivity index is 1.72. The van der Waals surface area contributed by atoms with Gasteiger partial charge in [0, 0.05) is 5.69 Å². The molecule has 94 valence electrons. The summed E-state index contributed by atoms with van der Waals surface area (Å²) in [7, 11) is 0. The van der Waals surface area contributed by atoms with Crippen molar-refractivity contribution in [2.45, 2.75) is 13.5 Å². The summed E-state index contributed by atoms with van der Waals surface area (Å²) in [6, 6.07) is 9.29. The number of nitrogens with zero attached hydrogens (tertiary/aromatic N) is 2. The predicted molar refractivity (Wildman–Crippen MR) is 65.8 cm³/mol. The molecule has 0 fully saturated rings. The van der Waals surface area contributed by atoms with Gasteiger partial charge >= 0.3 is 0 Å². The van der Waals surface area contributed by atoms with E-state index in [1.165, 1.54) is 0 Å². The van der Waals surface area contributed by atoms with Crippen LogP contribution in [0.1, 0.15) is 11.7 Å². The number of anilines is 1. The second kappa shape index (κ2) is 5.92. The highest BCUT2D eigenvalue weighted by Crippen LogP contribution is 2.04. The number of para-hydroxylation sites is 1. The molecule has 18 heavy (non-hydrogen) atoms. The Kier molecular flexibility index (Phi) is 4.03. The minimum absolute atomic E-state index is 0.113. The summed E-state index contributed by atoms with van der Waals surface area (Å²) < 4.78 is 4.91. The Morgan fingerprint density at radius 3 is 2.78 bits per heavy atom. The second-order valence-corrected chi connectivity index (χ2v) is 3.75. The van der Waals surface area contributed by atoms with Crippen molar-refractivity contribution in [2.75, 3.05) is 11.9 Å². The molecule has 0 saturated heterocycles. The summed E-state index contributed by atoms with van der Waals surface area (Å²) in [5, 5.41) is 9.35. The summed E-state index contributed by atoms with van der Waals surface area (Å²) in [6.45, 7) is 2.31. The number of hydrogen-bond acceptors (Lipinski definition) is 5. The van der Waals surface area contributed by atoms with Gasteiger partial charge in [0.15, 0.2) is 5.82 Å². The second-order valence-electron chi connectivity index (χ2n) is 3.75. The molecule has 0 radical (unpaired) electrons. The van der Waals surface area contributed by atoms with Crippen LogP contribution >= 0.6 is 0 Å². The molecular formula is C12H14N4O2. The van der Waals surface area contributed by atoms with Gasteiger partial charge in [0.05, 0.1) is 13.1 Å². The predicted octanol–water partition coefficient (Wildman–Crippen LogP) is 1.11. The number of aromatic nitrogens is 2. The fourth-order valence-corrected chi connectivity index (χ4v) is 1.42. The molecule has 2 N–H and O–H groups in total. The normalized spacial score (nSPS) is 10.3. The Morgan fingerprint density at radius 1 is 1.33 bits per heavy atom.